The number of ether oxygens (including phenoxy) is 3. The molecule has 2 aliphatic rings. The number of esters is 1. The molecule has 1 atom stereocenters. The number of amides is 2. The highest BCUT2D eigenvalue weighted by molar-refractivity contribution is 7.59. The number of urea groups is 1. The summed E-state index contributed by atoms with van der Waals surface area (Å²) in [5.74, 6) is 0.139. The first kappa shape index (κ1) is 23.2. The van der Waals surface area contributed by atoms with Crippen LogP contribution >= 0.6 is 25.1 Å². The zero-order valence-electron chi connectivity index (χ0n) is 17.2. The highest BCUT2D eigenvalue weighted by Gasteiger charge is 2.33. The summed E-state index contributed by atoms with van der Waals surface area (Å²) in [6.45, 7) is 2.74. The molecule has 0 bridgehead atoms. The van der Waals surface area contributed by atoms with Crippen molar-refractivity contribution in [1.29, 1.82) is 0 Å². The van der Waals surface area contributed by atoms with Crippen molar-refractivity contribution in [2.24, 2.45) is 0 Å². The molecule has 166 valence electrons. The largest absolute Gasteiger partial charge is 0.491 e. The van der Waals surface area contributed by atoms with Crippen molar-refractivity contribution in [3.05, 3.63) is 64.2 Å². The molecule has 2 heterocycles. The Labute approximate surface area is 193 Å². The molecule has 0 radical (unpaired) electrons. The number of carbonyl (C=O) groups is 2. The van der Waals surface area contributed by atoms with Gasteiger partial charge in [-0.05, 0) is 29.8 Å². The van der Waals surface area contributed by atoms with Crippen LogP contribution in [0.3, 0.4) is 0 Å². The van der Waals surface area contributed by atoms with Crippen LogP contribution in [-0.4, -0.2) is 61.8 Å². The number of rotatable bonds is 2. The van der Waals surface area contributed by atoms with Crippen LogP contribution in [0.15, 0.2) is 42.5 Å². The summed E-state index contributed by atoms with van der Waals surface area (Å²) in [6, 6.07) is 12.2. The van der Waals surface area contributed by atoms with Crippen molar-refractivity contribution >= 4 is 37.1 Å². The lowest BCUT2D eigenvalue weighted by Gasteiger charge is -2.36. The highest BCUT2D eigenvalue weighted by atomic mass is 35.5. The van der Waals surface area contributed by atoms with E-state index < -0.39 is 5.97 Å². The molecule has 9 heteroatoms. The van der Waals surface area contributed by atoms with Crippen LogP contribution in [0, 0.1) is 0 Å². The molecule has 2 aromatic rings. The monoisotopic (exact) mass is 464 g/mol. The molecular weight excluding hydrogens is 440 g/mol. The summed E-state index contributed by atoms with van der Waals surface area (Å²) in [7, 11) is 1.34. The Kier molecular flexibility index (Phi) is 7.69. The highest BCUT2D eigenvalue weighted by Crippen LogP contribution is 2.34. The van der Waals surface area contributed by atoms with Crippen molar-refractivity contribution in [3.8, 4) is 5.75 Å². The lowest BCUT2D eigenvalue weighted by atomic mass is 10.1. The number of morpholine rings is 1. The molecule has 2 amide bonds. The van der Waals surface area contributed by atoms with E-state index in [1.807, 2.05) is 24.3 Å². The van der Waals surface area contributed by atoms with Gasteiger partial charge in [-0.1, -0.05) is 29.8 Å². The van der Waals surface area contributed by atoms with E-state index in [9.17, 15) is 9.59 Å². The second kappa shape index (κ2) is 10.3. The summed E-state index contributed by atoms with van der Waals surface area (Å²) >= 11 is 6.22. The van der Waals surface area contributed by atoms with Crippen molar-refractivity contribution in [1.82, 2.24) is 9.80 Å². The third-order valence-corrected chi connectivity index (χ3v) is 5.60. The van der Waals surface area contributed by atoms with Crippen LogP contribution in [0.5, 0.6) is 5.75 Å². The summed E-state index contributed by atoms with van der Waals surface area (Å²) in [6.07, 6.45) is 0. The topological polar surface area (TPSA) is 68.3 Å². The molecule has 0 spiro atoms. The second-order valence-corrected chi connectivity index (χ2v) is 7.64. The average Bonchev–Trinajstić information content (AvgIpc) is 2.98. The van der Waals surface area contributed by atoms with Gasteiger partial charge in [0.1, 0.15) is 12.4 Å². The number of fused-ring (bicyclic) bond motifs is 1. The molecule has 4 rings (SSSR count). The lowest BCUT2D eigenvalue weighted by Crippen LogP contribution is -2.49. The minimum atomic E-state index is -0.432. The fraction of sp³-hybridized carbons (Fsp3) is 0.364. The molecular formula is C22H25ClN2O5S. The van der Waals surface area contributed by atoms with Gasteiger partial charge in [-0.2, -0.15) is 13.5 Å². The maximum absolute atomic E-state index is 13.4. The predicted molar refractivity (Wildman–Crippen MR) is 121 cm³/mol. The molecule has 7 nitrogen and oxygen atoms in total. The Morgan fingerprint density at radius 1 is 1.13 bits per heavy atom. The molecule has 1 saturated heterocycles. The third kappa shape index (κ3) is 5.08. The van der Waals surface area contributed by atoms with E-state index in [0.29, 0.717) is 49.2 Å². The van der Waals surface area contributed by atoms with Gasteiger partial charge in [0.05, 0.1) is 38.5 Å². The van der Waals surface area contributed by atoms with Crippen molar-refractivity contribution < 1.29 is 23.8 Å². The Morgan fingerprint density at radius 2 is 1.90 bits per heavy atom. The normalized spacial score (nSPS) is 18.2. The zero-order valence-corrected chi connectivity index (χ0v) is 18.9. The third-order valence-electron chi connectivity index (χ3n) is 5.36. The molecule has 0 unspecified atom stereocenters. The van der Waals surface area contributed by atoms with Gasteiger partial charge in [-0.25, -0.2) is 9.59 Å². The lowest BCUT2D eigenvalue weighted by molar-refractivity contribution is 0.0362. The quantitative estimate of drug-likeness (QED) is 0.635. The van der Waals surface area contributed by atoms with Crippen LogP contribution in [0.2, 0.25) is 5.02 Å². The fourth-order valence-electron chi connectivity index (χ4n) is 3.74. The fourth-order valence-corrected chi connectivity index (χ4v) is 3.94. The molecule has 0 aromatic heterocycles. The Balaban J connectivity index is 0.00000272. The molecule has 0 aliphatic carbocycles. The predicted octanol–water partition coefficient (Wildman–Crippen LogP) is 3.63. The number of nitrogens with zero attached hydrogens (tertiary/aromatic N) is 2. The smallest absolute Gasteiger partial charge is 0.337 e. The van der Waals surface area contributed by atoms with E-state index in [1.165, 1.54) is 7.11 Å². The SMILES string of the molecule is COC(=O)c1ccc2c(c1)OC[C@H](c1cccc(Cl)c1)N(C(=O)N1CCOCC1)C2.S. The molecule has 31 heavy (non-hydrogen) atoms. The van der Waals surface area contributed by atoms with Gasteiger partial charge < -0.3 is 24.0 Å². The van der Waals surface area contributed by atoms with Crippen LogP contribution in [0.1, 0.15) is 27.5 Å². The first-order chi connectivity index (χ1) is 14.6. The van der Waals surface area contributed by atoms with Gasteiger partial charge in [-0.15, -0.1) is 0 Å². The number of benzene rings is 2. The van der Waals surface area contributed by atoms with Gasteiger partial charge in [0.25, 0.3) is 0 Å². The summed E-state index contributed by atoms with van der Waals surface area (Å²) in [4.78, 5) is 29.0. The summed E-state index contributed by atoms with van der Waals surface area (Å²) < 4.78 is 16.3. The maximum Gasteiger partial charge on any atom is 0.337 e. The van der Waals surface area contributed by atoms with Crippen LogP contribution in [-0.2, 0) is 16.0 Å². The maximum atomic E-state index is 13.4. The van der Waals surface area contributed by atoms with Crippen LogP contribution in [0.25, 0.3) is 0 Å². The number of methoxy groups -OCH3 is 1. The van der Waals surface area contributed by atoms with Crippen LogP contribution in [0.4, 0.5) is 4.79 Å². The molecule has 2 aromatic carbocycles. The van der Waals surface area contributed by atoms with Gasteiger partial charge in [0.2, 0.25) is 0 Å². The summed E-state index contributed by atoms with van der Waals surface area (Å²) in [5.41, 5.74) is 2.13. The Morgan fingerprint density at radius 3 is 2.61 bits per heavy atom. The van der Waals surface area contributed by atoms with E-state index in [2.05, 4.69) is 0 Å². The standard InChI is InChI=1S/C22H23ClN2O5.H2S/c1-28-21(26)16-5-6-17-13-25(22(27)24-7-9-29-10-8-24)19(14-30-20(17)12-16)15-3-2-4-18(23)11-15;/h2-6,11-12,19H,7-10,13-14H2,1H3;1H2/t19-;/m1./s1. The molecule has 1 fully saturated rings. The number of carbonyl (C=O) groups excluding carboxylic acids is 2. The summed E-state index contributed by atoms with van der Waals surface area (Å²) in [5, 5.41) is 0.598. The van der Waals surface area contributed by atoms with E-state index >= 15 is 0 Å². The van der Waals surface area contributed by atoms with Gasteiger partial charge >= 0.3 is 12.0 Å². The minimum absolute atomic E-state index is 0. The van der Waals surface area contributed by atoms with E-state index in [1.54, 1.807) is 28.0 Å². The molecule has 0 saturated carbocycles. The minimum Gasteiger partial charge on any atom is -0.491 e. The zero-order chi connectivity index (χ0) is 21.1. The average molecular weight is 465 g/mol. The van der Waals surface area contributed by atoms with Crippen molar-refractivity contribution in [3.63, 3.8) is 0 Å². The molecule has 2 aliphatic heterocycles. The first-order valence-electron chi connectivity index (χ1n) is 9.79. The van der Waals surface area contributed by atoms with Gasteiger partial charge in [0, 0.05) is 23.7 Å². The van der Waals surface area contributed by atoms with E-state index in [0.717, 1.165) is 11.1 Å². The van der Waals surface area contributed by atoms with E-state index in [4.69, 9.17) is 25.8 Å². The Bertz CT molecular complexity index is 951. The van der Waals surface area contributed by atoms with Crippen molar-refractivity contribution in [2.45, 2.75) is 12.6 Å². The Hall–Kier alpha value is -2.42. The second-order valence-electron chi connectivity index (χ2n) is 7.21. The van der Waals surface area contributed by atoms with Crippen molar-refractivity contribution in [2.75, 3.05) is 40.0 Å². The molecule has 0 N–H and O–H groups in total. The van der Waals surface area contributed by atoms with E-state index in [-0.39, 0.29) is 32.2 Å². The number of halogens is 1. The first-order valence-corrected chi connectivity index (χ1v) is 10.2. The van der Waals surface area contributed by atoms with Crippen LogP contribution < -0.4 is 4.74 Å². The number of hydrogen-bond acceptors (Lipinski definition) is 5. The van der Waals surface area contributed by atoms with Gasteiger partial charge in [-0.3, -0.25) is 0 Å². The number of hydrogen-bond donors (Lipinski definition) is 0. The van der Waals surface area contributed by atoms with Gasteiger partial charge in [0.15, 0.2) is 0 Å².